The number of H-pyrrole nitrogens is 1. The first-order valence-electron chi connectivity index (χ1n) is 13.2. The van der Waals surface area contributed by atoms with Crippen molar-refractivity contribution in [1.82, 2.24) is 20.2 Å². The van der Waals surface area contributed by atoms with Crippen molar-refractivity contribution in [2.24, 2.45) is 16.7 Å². The van der Waals surface area contributed by atoms with Crippen LogP contribution in [0.5, 0.6) is 0 Å². The lowest BCUT2D eigenvalue weighted by molar-refractivity contribution is -0.128. The van der Waals surface area contributed by atoms with Crippen LogP contribution in [0.25, 0.3) is 10.9 Å². The molecule has 2 bridgehead atoms. The van der Waals surface area contributed by atoms with Gasteiger partial charge in [-0.3, -0.25) is 14.4 Å². The molecule has 6 rings (SSSR count). The van der Waals surface area contributed by atoms with E-state index in [1.54, 1.807) is 0 Å². The summed E-state index contributed by atoms with van der Waals surface area (Å²) in [5.41, 5.74) is 1.21. The summed E-state index contributed by atoms with van der Waals surface area (Å²) in [6.07, 6.45) is 0.372. The smallest absolute Gasteiger partial charge is 0.275 e. The van der Waals surface area contributed by atoms with Gasteiger partial charge in [0, 0.05) is 22.6 Å². The largest absolute Gasteiger partial charge is 0.380 e. The number of ketones is 1. The summed E-state index contributed by atoms with van der Waals surface area (Å²) in [5.74, 6) is 0.491. The van der Waals surface area contributed by atoms with Crippen LogP contribution in [0.2, 0.25) is 0 Å². The Bertz CT molecular complexity index is 1720. The van der Waals surface area contributed by atoms with Crippen molar-refractivity contribution in [3.63, 3.8) is 0 Å². The van der Waals surface area contributed by atoms with Crippen LogP contribution in [0.1, 0.15) is 56.8 Å². The third-order valence-electron chi connectivity index (χ3n) is 8.80. The van der Waals surface area contributed by atoms with Crippen LogP contribution in [-0.4, -0.2) is 49.3 Å². The number of benzene rings is 2. The Morgan fingerprint density at radius 1 is 1.10 bits per heavy atom. The molecule has 2 aromatic carbocycles. The van der Waals surface area contributed by atoms with Gasteiger partial charge in [-0.2, -0.15) is 13.5 Å². The fraction of sp³-hybridized carbons (Fsp3) is 0.379. The Morgan fingerprint density at radius 2 is 1.78 bits per heavy atom. The molecule has 2 aliphatic rings. The van der Waals surface area contributed by atoms with Gasteiger partial charge in [-0.25, -0.2) is 14.4 Å². The number of nitrogens with one attached hydrogen (secondary N) is 2. The number of aliphatic hydroxyl groups is 1. The lowest BCUT2D eigenvalue weighted by Crippen LogP contribution is -2.38. The summed E-state index contributed by atoms with van der Waals surface area (Å²) in [6.45, 7) is 7.57. The minimum absolute atomic E-state index is 0.227. The van der Waals surface area contributed by atoms with Crippen LogP contribution in [0.4, 0.5) is 16.0 Å². The molecule has 41 heavy (non-hydrogen) atoms. The zero-order valence-electron chi connectivity index (χ0n) is 23.1. The molecule has 0 radical (unpaired) electrons. The second-order valence-corrected chi connectivity index (χ2v) is 13.0. The van der Waals surface area contributed by atoms with E-state index >= 15 is 0 Å². The average Bonchev–Trinajstić information content (AvgIpc) is 3.48. The highest BCUT2D eigenvalue weighted by Crippen LogP contribution is 2.64. The van der Waals surface area contributed by atoms with Crippen LogP contribution in [0.15, 0.2) is 54.6 Å². The van der Waals surface area contributed by atoms with Gasteiger partial charge >= 0.3 is 0 Å². The molecule has 4 aromatic rings. The van der Waals surface area contributed by atoms with Gasteiger partial charge in [0.25, 0.3) is 10.1 Å². The lowest BCUT2D eigenvalue weighted by Gasteiger charge is -2.32. The van der Waals surface area contributed by atoms with Gasteiger partial charge in [0.2, 0.25) is 0 Å². The van der Waals surface area contributed by atoms with E-state index < -0.39 is 26.9 Å². The second kappa shape index (κ2) is 10.3. The average molecular weight is 582 g/mol. The molecule has 216 valence electrons. The number of carbonyl (C=O) groups excluding carboxylic acids is 1. The first-order valence-corrected chi connectivity index (χ1v) is 14.7. The van der Waals surface area contributed by atoms with Crippen molar-refractivity contribution < 1.29 is 27.3 Å². The van der Waals surface area contributed by atoms with Crippen molar-refractivity contribution in [3.8, 4) is 0 Å². The van der Waals surface area contributed by atoms with Crippen molar-refractivity contribution in [2.75, 3.05) is 5.32 Å². The predicted molar refractivity (Wildman–Crippen MR) is 152 cm³/mol. The van der Waals surface area contributed by atoms with Gasteiger partial charge in [0.1, 0.15) is 23.0 Å². The minimum Gasteiger partial charge on any atom is -0.380 e. The van der Waals surface area contributed by atoms with Crippen LogP contribution in [0.3, 0.4) is 0 Å². The quantitative estimate of drug-likeness (QED) is 0.241. The molecule has 2 heterocycles. The molecule has 4 N–H and O–H groups in total. The molecular formula is C29H32FN5O5S. The summed E-state index contributed by atoms with van der Waals surface area (Å²) >= 11 is 0. The minimum atomic E-state index is -4.24. The van der Waals surface area contributed by atoms with Gasteiger partial charge in [-0.15, -0.1) is 0 Å². The number of hydrogen-bond donors (Lipinski definition) is 4. The first-order chi connectivity index (χ1) is 19.2. The van der Waals surface area contributed by atoms with E-state index in [-0.39, 0.29) is 28.8 Å². The van der Waals surface area contributed by atoms with Crippen LogP contribution < -0.4 is 5.32 Å². The van der Waals surface area contributed by atoms with Gasteiger partial charge in [-0.05, 0) is 60.9 Å². The Labute approximate surface area is 237 Å². The van der Waals surface area contributed by atoms with Crippen LogP contribution in [0, 0.1) is 29.5 Å². The fourth-order valence-electron chi connectivity index (χ4n) is 6.06. The van der Waals surface area contributed by atoms with Crippen LogP contribution in [-0.2, 0) is 14.9 Å². The number of hydrogen-bond acceptors (Lipinski definition) is 8. The van der Waals surface area contributed by atoms with Crippen LogP contribution >= 0.6 is 0 Å². The Balaban J connectivity index is 0.000000191. The number of aryl methyl sites for hydroxylation is 1. The number of carbonyl (C=O) groups is 1. The number of rotatable bonds is 5. The maximum Gasteiger partial charge on any atom is 0.275 e. The third-order valence-corrected chi connectivity index (χ3v) is 9.98. The summed E-state index contributed by atoms with van der Waals surface area (Å²) in [5, 5.41) is 20.4. The molecule has 0 spiro atoms. The van der Waals surface area contributed by atoms with Crippen molar-refractivity contribution in [2.45, 2.75) is 51.9 Å². The molecular weight excluding hydrogens is 549 g/mol. The molecule has 2 saturated carbocycles. The zero-order valence-corrected chi connectivity index (χ0v) is 23.9. The monoisotopic (exact) mass is 581 g/mol. The molecule has 10 nitrogen and oxygen atoms in total. The van der Waals surface area contributed by atoms with E-state index in [2.05, 4.69) is 25.5 Å². The number of aromatic amines is 1. The van der Waals surface area contributed by atoms with E-state index in [1.807, 2.05) is 58.0 Å². The number of para-hydroxylation sites is 1. The molecule has 12 heteroatoms. The highest BCUT2D eigenvalue weighted by molar-refractivity contribution is 7.87. The molecule has 0 saturated heterocycles. The van der Waals surface area contributed by atoms with Gasteiger partial charge in [0.15, 0.2) is 17.4 Å². The molecule has 0 aliphatic heterocycles. The number of Topliss-reactive ketones (excluding diaryl/α,β-unsaturated/α-hetero) is 1. The normalized spacial score (nSPS) is 23.7. The number of fused-ring (bicyclic) bond motifs is 3. The lowest BCUT2D eigenvalue weighted by atomic mass is 9.70. The molecule has 2 aromatic heterocycles. The van der Waals surface area contributed by atoms with Gasteiger partial charge in [-0.1, -0.05) is 45.0 Å². The van der Waals surface area contributed by atoms with E-state index in [0.29, 0.717) is 29.1 Å². The molecule has 3 unspecified atom stereocenters. The summed E-state index contributed by atoms with van der Waals surface area (Å²) in [6, 6.07) is 15.0. The number of anilines is 2. The highest BCUT2D eigenvalue weighted by Gasteiger charge is 2.69. The van der Waals surface area contributed by atoms with E-state index in [0.717, 1.165) is 17.5 Å². The fourth-order valence-corrected chi connectivity index (χ4v) is 7.48. The van der Waals surface area contributed by atoms with E-state index in [9.17, 15) is 22.7 Å². The molecule has 2 aliphatic carbocycles. The molecule has 2 fully saturated rings. The molecule has 4 atom stereocenters. The standard InChI is InChI=1S/C19H16FN5O.C10H16O4S/c1-11-10-16(25-24-11)22-18-14-4-2-3-5-15(14)21-19(23-18)17(26)12-6-8-13(20)9-7-12;1-9(2)6-4-5-10(9,3)8(11)7(6)15(12,13)14/h2-10,17,26H,1H3,(H2,21,22,23,24,25);6-7H,4-5H2,1-3H3,(H,12,13,14)/t17-;/m1./s1. The van der Waals surface area contributed by atoms with Gasteiger partial charge < -0.3 is 10.4 Å². The molecule has 0 amide bonds. The maximum absolute atomic E-state index is 13.1. The summed E-state index contributed by atoms with van der Waals surface area (Å²) < 4.78 is 44.6. The van der Waals surface area contributed by atoms with E-state index in [4.69, 9.17) is 4.55 Å². The number of nitrogens with zero attached hydrogens (tertiary/aromatic N) is 3. The second-order valence-electron chi connectivity index (χ2n) is 11.5. The predicted octanol–water partition coefficient (Wildman–Crippen LogP) is 4.89. The summed E-state index contributed by atoms with van der Waals surface area (Å²) in [4.78, 5) is 21.0. The topological polar surface area (TPSA) is 158 Å². The zero-order chi connectivity index (χ0) is 29.7. The third kappa shape index (κ3) is 5.11. The Morgan fingerprint density at radius 3 is 2.34 bits per heavy atom. The maximum atomic E-state index is 13.1. The Hall–Kier alpha value is -3.74. The number of aliphatic hydroxyl groups excluding tert-OH is 1. The number of halogens is 1. The highest BCUT2D eigenvalue weighted by atomic mass is 32.2. The SMILES string of the molecule is CC12CCC(C(S(=O)(=O)O)C1=O)C2(C)C.Cc1cc(Nc2nc([C@H](O)c3ccc(F)cc3)nc3ccccc23)n[nH]1. The Kier molecular flexibility index (Phi) is 7.21. The first kappa shape index (κ1) is 28.8. The van der Waals surface area contributed by atoms with Crippen molar-refractivity contribution >= 4 is 38.4 Å². The summed E-state index contributed by atoms with van der Waals surface area (Å²) in [7, 11) is -4.24. The van der Waals surface area contributed by atoms with E-state index in [1.165, 1.54) is 24.3 Å². The van der Waals surface area contributed by atoms with Crippen molar-refractivity contribution in [3.05, 3.63) is 77.5 Å². The number of aromatic nitrogens is 4. The van der Waals surface area contributed by atoms with Gasteiger partial charge in [0.05, 0.1) is 5.52 Å². The van der Waals surface area contributed by atoms with Crippen molar-refractivity contribution in [1.29, 1.82) is 0 Å².